The van der Waals surface area contributed by atoms with Crippen molar-refractivity contribution in [2.24, 2.45) is 5.92 Å². The van der Waals surface area contributed by atoms with Crippen LogP contribution in [0, 0.1) is 5.92 Å². The molecule has 2 aliphatic carbocycles. The Labute approximate surface area is 120 Å². The van der Waals surface area contributed by atoms with E-state index in [4.69, 9.17) is 0 Å². The van der Waals surface area contributed by atoms with Crippen LogP contribution in [0.25, 0.3) is 11.1 Å². The van der Waals surface area contributed by atoms with Gasteiger partial charge in [-0.3, -0.25) is 0 Å². The first-order valence-electron chi connectivity index (χ1n) is 7.66. The number of aliphatic hydroxyl groups excluding tert-OH is 1. The van der Waals surface area contributed by atoms with Gasteiger partial charge in [-0.25, -0.2) is 0 Å². The second kappa shape index (κ2) is 4.46. The molecular formula is C19H20O. The molecule has 0 radical (unpaired) electrons. The zero-order valence-electron chi connectivity index (χ0n) is 11.9. The fourth-order valence-corrected chi connectivity index (χ4v) is 3.78. The average Bonchev–Trinajstić information content (AvgIpc) is 2.49. The summed E-state index contributed by atoms with van der Waals surface area (Å²) in [5.41, 5.74) is 8.15. The molecule has 2 aromatic rings. The van der Waals surface area contributed by atoms with Crippen LogP contribution in [-0.2, 0) is 19.3 Å². The number of aryl methyl sites for hydroxylation is 3. The van der Waals surface area contributed by atoms with Gasteiger partial charge < -0.3 is 5.11 Å². The normalized spacial score (nSPS) is 23.7. The highest BCUT2D eigenvalue weighted by atomic mass is 16.3. The summed E-state index contributed by atoms with van der Waals surface area (Å²) < 4.78 is 0. The van der Waals surface area contributed by atoms with Gasteiger partial charge in [0.05, 0.1) is 6.10 Å². The highest BCUT2D eigenvalue weighted by Crippen LogP contribution is 2.41. The standard InChI is InChI=1S/C19H20O/c1-12-6-7-15-10-14-9-8-13-4-2-3-5-16(13)17(14)11-18(15)19(12)20/h2-5,10-12,19-20H,6-9H2,1H3. The highest BCUT2D eigenvalue weighted by Gasteiger charge is 2.27. The minimum atomic E-state index is -0.293. The largest absolute Gasteiger partial charge is 0.388 e. The van der Waals surface area contributed by atoms with Crippen LogP contribution >= 0.6 is 0 Å². The van der Waals surface area contributed by atoms with Crippen molar-refractivity contribution >= 4 is 0 Å². The maximum Gasteiger partial charge on any atom is 0.0818 e. The van der Waals surface area contributed by atoms with E-state index < -0.39 is 0 Å². The fraction of sp³-hybridized carbons (Fsp3) is 0.368. The zero-order valence-corrected chi connectivity index (χ0v) is 11.9. The Hall–Kier alpha value is -1.60. The highest BCUT2D eigenvalue weighted by molar-refractivity contribution is 5.74. The third-order valence-electron chi connectivity index (χ3n) is 5.06. The van der Waals surface area contributed by atoms with Crippen molar-refractivity contribution < 1.29 is 5.11 Å². The molecule has 0 amide bonds. The Bertz CT molecular complexity index is 671. The van der Waals surface area contributed by atoms with Crippen LogP contribution in [-0.4, -0.2) is 5.11 Å². The van der Waals surface area contributed by atoms with Gasteiger partial charge in [0.1, 0.15) is 0 Å². The van der Waals surface area contributed by atoms with Crippen molar-refractivity contribution in [3.8, 4) is 11.1 Å². The van der Waals surface area contributed by atoms with Gasteiger partial charge in [0.25, 0.3) is 0 Å². The van der Waals surface area contributed by atoms with E-state index in [2.05, 4.69) is 43.3 Å². The van der Waals surface area contributed by atoms with Crippen LogP contribution in [0.2, 0.25) is 0 Å². The summed E-state index contributed by atoms with van der Waals surface area (Å²) in [6.07, 6.45) is 4.19. The predicted molar refractivity (Wildman–Crippen MR) is 81.7 cm³/mol. The summed E-state index contributed by atoms with van der Waals surface area (Å²) in [7, 11) is 0. The molecule has 2 unspecified atom stereocenters. The third kappa shape index (κ3) is 1.73. The van der Waals surface area contributed by atoms with Gasteiger partial charge in [-0.15, -0.1) is 0 Å². The van der Waals surface area contributed by atoms with E-state index in [-0.39, 0.29) is 6.10 Å². The molecule has 0 spiro atoms. The monoisotopic (exact) mass is 264 g/mol. The summed E-state index contributed by atoms with van der Waals surface area (Å²) in [4.78, 5) is 0. The van der Waals surface area contributed by atoms with Crippen molar-refractivity contribution in [1.29, 1.82) is 0 Å². The topological polar surface area (TPSA) is 20.2 Å². The van der Waals surface area contributed by atoms with Gasteiger partial charge in [-0.05, 0) is 71.0 Å². The molecule has 1 heteroatoms. The van der Waals surface area contributed by atoms with Crippen molar-refractivity contribution in [3.05, 3.63) is 58.7 Å². The molecule has 20 heavy (non-hydrogen) atoms. The molecule has 0 heterocycles. The summed E-state index contributed by atoms with van der Waals surface area (Å²) in [5, 5.41) is 10.5. The molecule has 0 saturated heterocycles. The van der Waals surface area contributed by atoms with Crippen molar-refractivity contribution in [2.45, 2.75) is 38.7 Å². The van der Waals surface area contributed by atoms with Gasteiger partial charge in [0.2, 0.25) is 0 Å². The van der Waals surface area contributed by atoms with E-state index in [9.17, 15) is 5.11 Å². The molecule has 1 N–H and O–H groups in total. The van der Waals surface area contributed by atoms with E-state index in [1.807, 2.05) is 0 Å². The molecule has 0 aliphatic heterocycles. The molecule has 102 valence electrons. The van der Waals surface area contributed by atoms with E-state index in [1.165, 1.54) is 33.4 Å². The Kier molecular flexibility index (Phi) is 2.71. The molecule has 0 bridgehead atoms. The van der Waals surface area contributed by atoms with Gasteiger partial charge in [-0.1, -0.05) is 37.3 Å². The number of benzene rings is 2. The molecule has 0 aromatic heterocycles. The SMILES string of the molecule is CC1CCc2cc3c(cc2C1O)-c1ccccc1CC3. The van der Waals surface area contributed by atoms with Crippen LogP contribution in [0.15, 0.2) is 36.4 Å². The van der Waals surface area contributed by atoms with Crippen LogP contribution < -0.4 is 0 Å². The molecule has 1 nitrogen and oxygen atoms in total. The fourth-order valence-electron chi connectivity index (χ4n) is 3.78. The maximum atomic E-state index is 10.5. The van der Waals surface area contributed by atoms with Crippen molar-refractivity contribution in [2.75, 3.05) is 0 Å². The van der Waals surface area contributed by atoms with Crippen LogP contribution in [0.3, 0.4) is 0 Å². The minimum Gasteiger partial charge on any atom is -0.388 e. The van der Waals surface area contributed by atoms with Gasteiger partial charge >= 0.3 is 0 Å². The van der Waals surface area contributed by atoms with Gasteiger partial charge in [0, 0.05) is 0 Å². The molecule has 4 rings (SSSR count). The van der Waals surface area contributed by atoms with E-state index >= 15 is 0 Å². The van der Waals surface area contributed by atoms with Crippen molar-refractivity contribution in [3.63, 3.8) is 0 Å². The van der Waals surface area contributed by atoms with Crippen LogP contribution in [0.4, 0.5) is 0 Å². The zero-order chi connectivity index (χ0) is 13.7. The molecular weight excluding hydrogens is 244 g/mol. The lowest BCUT2D eigenvalue weighted by atomic mass is 9.77. The van der Waals surface area contributed by atoms with Crippen LogP contribution in [0.1, 0.15) is 41.7 Å². The number of hydrogen-bond donors (Lipinski definition) is 1. The number of fused-ring (bicyclic) bond motifs is 4. The summed E-state index contributed by atoms with van der Waals surface area (Å²) in [5.74, 6) is 0.374. The molecule has 2 aromatic carbocycles. The quantitative estimate of drug-likeness (QED) is 0.760. The average molecular weight is 264 g/mol. The molecule has 2 aliphatic rings. The number of rotatable bonds is 0. The Morgan fingerprint density at radius 2 is 1.70 bits per heavy atom. The first-order chi connectivity index (χ1) is 9.74. The molecule has 0 fully saturated rings. The van der Waals surface area contributed by atoms with Crippen LogP contribution in [0.5, 0.6) is 0 Å². The number of hydrogen-bond acceptors (Lipinski definition) is 1. The van der Waals surface area contributed by atoms with E-state index in [0.29, 0.717) is 5.92 Å². The first-order valence-corrected chi connectivity index (χ1v) is 7.66. The Balaban J connectivity index is 1.91. The predicted octanol–water partition coefficient (Wildman–Crippen LogP) is 4.07. The Morgan fingerprint density at radius 3 is 2.60 bits per heavy atom. The second-order valence-corrected chi connectivity index (χ2v) is 6.33. The third-order valence-corrected chi connectivity index (χ3v) is 5.06. The molecule has 2 atom stereocenters. The van der Waals surface area contributed by atoms with E-state index in [1.54, 1.807) is 0 Å². The van der Waals surface area contributed by atoms with E-state index in [0.717, 1.165) is 25.7 Å². The first kappa shape index (κ1) is 12.2. The summed E-state index contributed by atoms with van der Waals surface area (Å²) >= 11 is 0. The summed E-state index contributed by atoms with van der Waals surface area (Å²) in [6, 6.07) is 13.3. The molecule has 0 saturated carbocycles. The lowest BCUT2D eigenvalue weighted by molar-refractivity contribution is 0.104. The van der Waals surface area contributed by atoms with Gasteiger partial charge in [-0.2, -0.15) is 0 Å². The van der Waals surface area contributed by atoms with Crippen molar-refractivity contribution in [1.82, 2.24) is 0 Å². The maximum absolute atomic E-state index is 10.5. The smallest absolute Gasteiger partial charge is 0.0818 e. The summed E-state index contributed by atoms with van der Waals surface area (Å²) in [6.45, 7) is 2.15. The second-order valence-electron chi connectivity index (χ2n) is 6.33. The lowest BCUT2D eigenvalue weighted by Gasteiger charge is -2.30. The Morgan fingerprint density at radius 1 is 0.900 bits per heavy atom. The minimum absolute atomic E-state index is 0.293. The lowest BCUT2D eigenvalue weighted by Crippen LogP contribution is -2.19. The number of aliphatic hydroxyl groups is 1. The van der Waals surface area contributed by atoms with Gasteiger partial charge in [0.15, 0.2) is 0 Å².